The van der Waals surface area contributed by atoms with Crippen molar-refractivity contribution >= 4 is 17.3 Å². The van der Waals surface area contributed by atoms with Crippen molar-refractivity contribution in [3.63, 3.8) is 0 Å². The number of nitrogens with zero attached hydrogens (tertiary/aromatic N) is 2. The number of rotatable bonds is 1. The highest BCUT2D eigenvalue weighted by Crippen LogP contribution is 2.29. The molecule has 92 valence electrons. The van der Waals surface area contributed by atoms with Crippen molar-refractivity contribution in [2.24, 2.45) is 0 Å². The predicted molar refractivity (Wildman–Crippen MR) is 69.7 cm³/mol. The lowest BCUT2D eigenvalue weighted by atomic mass is 10.0. The first-order chi connectivity index (χ1) is 8.63. The number of carbonyl (C=O) groups is 1. The minimum Gasteiger partial charge on any atom is -0.397 e. The van der Waals surface area contributed by atoms with Gasteiger partial charge in [0.2, 0.25) is 5.91 Å². The Kier molecular flexibility index (Phi) is 2.33. The van der Waals surface area contributed by atoms with Gasteiger partial charge in [0.05, 0.1) is 17.1 Å². The molecule has 1 aliphatic heterocycles. The van der Waals surface area contributed by atoms with E-state index in [4.69, 9.17) is 5.73 Å². The van der Waals surface area contributed by atoms with Crippen LogP contribution in [0.5, 0.6) is 0 Å². The molecule has 0 aliphatic carbocycles. The Morgan fingerprint density at radius 2 is 2.22 bits per heavy atom. The summed E-state index contributed by atoms with van der Waals surface area (Å²) >= 11 is 0. The summed E-state index contributed by atoms with van der Waals surface area (Å²) in [6.45, 7) is 1.92. The third-order valence-corrected chi connectivity index (χ3v) is 3.12. The third kappa shape index (κ3) is 1.73. The van der Waals surface area contributed by atoms with Crippen LogP contribution in [0.1, 0.15) is 17.7 Å². The van der Waals surface area contributed by atoms with Gasteiger partial charge in [-0.15, -0.1) is 0 Å². The quantitative estimate of drug-likeness (QED) is 0.747. The molecule has 5 heteroatoms. The highest BCUT2D eigenvalue weighted by molar-refractivity contribution is 5.95. The van der Waals surface area contributed by atoms with E-state index in [2.05, 4.69) is 10.4 Å². The summed E-state index contributed by atoms with van der Waals surface area (Å²) in [5, 5.41) is 7.20. The first-order valence-corrected chi connectivity index (χ1v) is 5.88. The van der Waals surface area contributed by atoms with Gasteiger partial charge in [-0.1, -0.05) is 0 Å². The second-order valence-corrected chi connectivity index (χ2v) is 4.52. The largest absolute Gasteiger partial charge is 0.397 e. The van der Waals surface area contributed by atoms with Crippen LogP contribution in [0, 0.1) is 6.92 Å². The van der Waals surface area contributed by atoms with Crippen LogP contribution in [0.4, 0.5) is 11.4 Å². The standard InChI is InChI=1S/C13H14N4O/c1-8-4-5-17(16-8)12-7-11-9(6-10(12)14)2-3-13(18)15-11/h4-7H,2-3,14H2,1H3,(H,15,18). The van der Waals surface area contributed by atoms with Crippen LogP contribution in [-0.2, 0) is 11.2 Å². The van der Waals surface area contributed by atoms with Gasteiger partial charge >= 0.3 is 0 Å². The average Bonchev–Trinajstić information content (AvgIpc) is 2.75. The number of carbonyl (C=O) groups excluding carboxylic acids is 1. The van der Waals surface area contributed by atoms with E-state index in [1.54, 1.807) is 4.68 Å². The number of amides is 1. The van der Waals surface area contributed by atoms with Crippen molar-refractivity contribution in [1.29, 1.82) is 0 Å². The van der Waals surface area contributed by atoms with E-state index >= 15 is 0 Å². The van der Waals surface area contributed by atoms with Gasteiger partial charge in [-0.05, 0) is 37.1 Å². The maximum absolute atomic E-state index is 11.4. The second kappa shape index (κ2) is 3.87. The highest BCUT2D eigenvalue weighted by Gasteiger charge is 2.17. The molecular weight excluding hydrogens is 228 g/mol. The monoisotopic (exact) mass is 242 g/mol. The topological polar surface area (TPSA) is 72.9 Å². The Balaban J connectivity index is 2.11. The van der Waals surface area contributed by atoms with Crippen molar-refractivity contribution in [2.75, 3.05) is 11.1 Å². The summed E-state index contributed by atoms with van der Waals surface area (Å²) < 4.78 is 1.73. The Bertz CT molecular complexity index is 630. The van der Waals surface area contributed by atoms with Gasteiger partial charge in [-0.2, -0.15) is 5.10 Å². The Labute approximate surface area is 105 Å². The molecule has 0 fully saturated rings. The van der Waals surface area contributed by atoms with Crippen LogP contribution in [0.15, 0.2) is 24.4 Å². The molecule has 0 saturated heterocycles. The van der Waals surface area contributed by atoms with E-state index in [-0.39, 0.29) is 5.91 Å². The fraction of sp³-hybridized carbons (Fsp3) is 0.231. The third-order valence-electron chi connectivity index (χ3n) is 3.12. The van der Waals surface area contributed by atoms with Gasteiger partial charge in [0.15, 0.2) is 0 Å². The van der Waals surface area contributed by atoms with Crippen LogP contribution in [0.2, 0.25) is 0 Å². The molecule has 3 rings (SSSR count). The average molecular weight is 242 g/mol. The number of aromatic nitrogens is 2. The van der Waals surface area contributed by atoms with Gasteiger partial charge in [0, 0.05) is 18.3 Å². The van der Waals surface area contributed by atoms with Gasteiger partial charge < -0.3 is 11.1 Å². The molecule has 2 aromatic rings. The lowest BCUT2D eigenvalue weighted by Crippen LogP contribution is -2.19. The number of anilines is 2. The molecule has 3 N–H and O–H groups in total. The zero-order chi connectivity index (χ0) is 12.7. The van der Waals surface area contributed by atoms with Crippen molar-refractivity contribution in [3.8, 4) is 5.69 Å². The van der Waals surface area contributed by atoms with E-state index in [0.717, 1.165) is 29.1 Å². The molecule has 0 saturated carbocycles. The molecule has 0 spiro atoms. The first kappa shape index (κ1) is 10.8. The number of nitrogen functional groups attached to an aromatic ring is 1. The van der Waals surface area contributed by atoms with Gasteiger partial charge in [0.1, 0.15) is 0 Å². The smallest absolute Gasteiger partial charge is 0.224 e. The summed E-state index contributed by atoms with van der Waals surface area (Å²) in [4.78, 5) is 11.4. The molecule has 1 aromatic heterocycles. The molecule has 1 amide bonds. The summed E-state index contributed by atoms with van der Waals surface area (Å²) in [6, 6.07) is 5.72. The molecule has 18 heavy (non-hydrogen) atoms. The fourth-order valence-electron chi connectivity index (χ4n) is 2.18. The van der Waals surface area contributed by atoms with Gasteiger partial charge in [-0.25, -0.2) is 4.68 Å². The van der Waals surface area contributed by atoms with E-state index in [1.165, 1.54) is 0 Å². The Morgan fingerprint density at radius 1 is 1.39 bits per heavy atom. The Morgan fingerprint density at radius 3 is 2.94 bits per heavy atom. The highest BCUT2D eigenvalue weighted by atomic mass is 16.1. The summed E-state index contributed by atoms with van der Waals surface area (Å²) in [5.74, 6) is 0.0508. The maximum atomic E-state index is 11.4. The molecule has 0 atom stereocenters. The van der Waals surface area contributed by atoms with E-state index < -0.39 is 0 Å². The number of hydrogen-bond donors (Lipinski definition) is 2. The summed E-state index contributed by atoms with van der Waals surface area (Å²) in [6.07, 6.45) is 3.12. The number of fused-ring (bicyclic) bond motifs is 1. The molecule has 5 nitrogen and oxygen atoms in total. The fourth-order valence-corrected chi connectivity index (χ4v) is 2.18. The van der Waals surface area contributed by atoms with Crippen molar-refractivity contribution < 1.29 is 4.79 Å². The number of nitrogens with one attached hydrogen (secondary N) is 1. The molecule has 1 aromatic carbocycles. The number of aryl methyl sites for hydroxylation is 2. The second-order valence-electron chi connectivity index (χ2n) is 4.52. The molecule has 0 unspecified atom stereocenters. The zero-order valence-electron chi connectivity index (χ0n) is 10.1. The first-order valence-electron chi connectivity index (χ1n) is 5.88. The van der Waals surface area contributed by atoms with E-state index in [1.807, 2.05) is 31.3 Å². The van der Waals surface area contributed by atoms with Gasteiger partial charge in [-0.3, -0.25) is 4.79 Å². The molecule has 0 radical (unpaired) electrons. The minimum atomic E-state index is 0.0508. The Hall–Kier alpha value is -2.30. The van der Waals surface area contributed by atoms with Crippen molar-refractivity contribution in [3.05, 3.63) is 35.7 Å². The van der Waals surface area contributed by atoms with Crippen LogP contribution in [0.25, 0.3) is 5.69 Å². The van der Waals surface area contributed by atoms with Crippen LogP contribution < -0.4 is 11.1 Å². The van der Waals surface area contributed by atoms with Crippen LogP contribution in [0.3, 0.4) is 0 Å². The van der Waals surface area contributed by atoms with Gasteiger partial charge in [0.25, 0.3) is 0 Å². The lowest BCUT2D eigenvalue weighted by Gasteiger charge is -2.19. The molecule has 2 heterocycles. The normalized spacial score (nSPS) is 14.2. The molecular formula is C13H14N4O. The number of nitrogens with two attached hydrogens (primary N) is 1. The van der Waals surface area contributed by atoms with Crippen LogP contribution >= 0.6 is 0 Å². The molecule has 1 aliphatic rings. The number of benzene rings is 1. The van der Waals surface area contributed by atoms with E-state index in [0.29, 0.717) is 12.1 Å². The summed E-state index contributed by atoms with van der Waals surface area (Å²) in [5.41, 5.74) is 10.4. The van der Waals surface area contributed by atoms with Crippen molar-refractivity contribution in [2.45, 2.75) is 19.8 Å². The lowest BCUT2D eigenvalue weighted by molar-refractivity contribution is -0.116. The minimum absolute atomic E-state index is 0.0508. The summed E-state index contributed by atoms with van der Waals surface area (Å²) in [7, 11) is 0. The zero-order valence-corrected chi connectivity index (χ0v) is 10.1. The maximum Gasteiger partial charge on any atom is 0.224 e. The van der Waals surface area contributed by atoms with Crippen molar-refractivity contribution in [1.82, 2.24) is 9.78 Å². The van der Waals surface area contributed by atoms with E-state index in [9.17, 15) is 4.79 Å². The number of hydrogen-bond acceptors (Lipinski definition) is 3. The predicted octanol–water partition coefficient (Wildman–Crippen LogP) is 1.65. The SMILES string of the molecule is Cc1ccn(-c2cc3c(cc2N)CCC(=O)N3)n1. The molecule has 0 bridgehead atoms. The van der Waals surface area contributed by atoms with Crippen LogP contribution in [-0.4, -0.2) is 15.7 Å².